The second kappa shape index (κ2) is 12.0. The summed E-state index contributed by atoms with van der Waals surface area (Å²) in [7, 11) is 0. The van der Waals surface area contributed by atoms with Crippen LogP contribution in [0.25, 0.3) is 0 Å². The van der Waals surface area contributed by atoms with Crippen LogP contribution in [0.3, 0.4) is 0 Å². The minimum atomic E-state index is -0.739. The first-order chi connectivity index (χ1) is 17.0. The van der Waals surface area contributed by atoms with E-state index in [1.807, 2.05) is 36.7 Å². The van der Waals surface area contributed by atoms with Crippen LogP contribution in [-0.4, -0.2) is 40.3 Å². The van der Waals surface area contributed by atoms with Gasteiger partial charge in [0.25, 0.3) is 0 Å². The minimum absolute atomic E-state index is 0.326. The number of aliphatic hydroxyl groups excluding tert-OH is 1. The smallest absolute Gasteiger partial charge is 0.126 e. The van der Waals surface area contributed by atoms with Gasteiger partial charge >= 0.3 is 0 Å². The van der Waals surface area contributed by atoms with E-state index in [4.69, 9.17) is 0 Å². The zero-order valence-electron chi connectivity index (χ0n) is 20.1. The van der Waals surface area contributed by atoms with Crippen LogP contribution in [0.5, 0.6) is 0 Å². The Kier molecular flexibility index (Phi) is 8.50. The van der Waals surface area contributed by atoms with Gasteiger partial charge in [0.1, 0.15) is 11.6 Å². The molecule has 0 unspecified atom stereocenters. The second-order valence-electron chi connectivity index (χ2n) is 9.11. The molecule has 3 aromatic carbocycles. The fourth-order valence-electron chi connectivity index (χ4n) is 4.52. The van der Waals surface area contributed by atoms with Crippen LogP contribution in [0.4, 0.5) is 8.78 Å². The normalized spacial score (nSPS) is 15.0. The number of nitrogens with one attached hydrogen (secondary N) is 1. The predicted molar refractivity (Wildman–Crippen MR) is 135 cm³/mol. The molecular formula is C29H33F2N3O. The molecule has 0 aliphatic carbocycles. The summed E-state index contributed by atoms with van der Waals surface area (Å²) >= 11 is 0. The Balaban J connectivity index is 1.42. The molecule has 0 saturated heterocycles. The average Bonchev–Trinajstić information content (AvgIpc) is 3.30. The molecule has 0 amide bonds. The van der Waals surface area contributed by atoms with E-state index >= 15 is 0 Å². The van der Waals surface area contributed by atoms with Crippen molar-refractivity contribution in [1.82, 2.24) is 15.1 Å². The summed E-state index contributed by atoms with van der Waals surface area (Å²) in [6, 6.07) is 21.8. The van der Waals surface area contributed by atoms with Gasteiger partial charge in [0.15, 0.2) is 0 Å². The van der Waals surface area contributed by atoms with Crippen LogP contribution in [-0.2, 0) is 25.9 Å². The molecule has 0 spiro atoms. The van der Waals surface area contributed by atoms with Gasteiger partial charge in [0, 0.05) is 38.1 Å². The van der Waals surface area contributed by atoms with Crippen molar-refractivity contribution in [2.24, 2.45) is 0 Å². The minimum Gasteiger partial charge on any atom is -0.390 e. The lowest BCUT2D eigenvalue weighted by molar-refractivity contribution is 0.0623. The molecule has 0 saturated carbocycles. The molecule has 0 fully saturated rings. The van der Waals surface area contributed by atoms with E-state index in [0.29, 0.717) is 31.7 Å². The van der Waals surface area contributed by atoms with Crippen LogP contribution in [0.15, 0.2) is 85.2 Å². The molecule has 2 atom stereocenters. The number of rotatable bonds is 11. The SMILES string of the molecule is CCc1cccc(CNC[C@@H](O)[C@H](Cc2cc(F)cc(F)c2)N2C=CN(Cc3ccccc3)C2)c1. The fourth-order valence-corrected chi connectivity index (χ4v) is 4.52. The summed E-state index contributed by atoms with van der Waals surface area (Å²) in [4.78, 5) is 4.21. The monoisotopic (exact) mass is 477 g/mol. The Bertz CT molecular complexity index is 1100. The van der Waals surface area contributed by atoms with Crippen LogP contribution in [0.1, 0.15) is 29.2 Å². The Morgan fingerprint density at radius 2 is 1.57 bits per heavy atom. The van der Waals surface area contributed by atoms with Gasteiger partial charge in [-0.1, -0.05) is 61.5 Å². The van der Waals surface area contributed by atoms with Crippen molar-refractivity contribution in [3.8, 4) is 0 Å². The number of hydrogen-bond acceptors (Lipinski definition) is 4. The Morgan fingerprint density at radius 3 is 2.31 bits per heavy atom. The highest BCUT2D eigenvalue weighted by atomic mass is 19.1. The lowest BCUT2D eigenvalue weighted by Crippen LogP contribution is -2.47. The molecule has 4 nitrogen and oxygen atoms in total. The second-order valence-corrected chi connectivity index (χ2v) is 9.11. The van der Waals surface area contributed by atoms with Gasteiger partial charge < -0.3 is 20.2 Å². The maximum atomic E-state index is 13.9. The first kappa shape index (κ1) is 24.9. The van der Waals surface area contributed by atoms with Crippen LogP contribution >= 0.6 is 0 Å². The molecule has 1 heterocycles. The zero-order chi connectivity index (χ0) is 24.6. The van der Waals surface area contributed by atoms with Gasteiger partial charge in [-0.2, -0.15) is 0 Å². The van der Waals surface area contributed by atoms with E-state index in [-0.39, 0.29) is 6.04 Å². The molecule has 2 N–H and O–H groups in total. The molecular weight excluding hydrogens is 444 g/mol. The van der Waals surface area contributed by atoms with E-state index in [9.17, 15) is 13.9 Å². The maximum absolute atomic E-state index is 13.9. The molecule has 3 aromatic rings. The summed E-state index contributed by atoms with van der Waals surface area (Å²) in [5.74, 6) is -1.21. The quantitative estimate of drug-likeness (QED) is 0.415. The van der Waals surface area contributed by atoms with Crippen LogP contribution < -0.4 is 5.32 Å². The molecule has 35 heavy (non-hydrogen) atoms. The van der Waals surface area contributed by atoms with Crippen molar-refractivity contribution in [2.75, 3.05) is 13.2 Å². The largest absolute Gasteiger partial charge is 0.390 e. The molecule has 0 aromatic heterocycles. The fraction of sp³-hybridized carbons (Fsp3) is 0.310. The van der Waals surface area contributed by atoms with E-state index in [0.717, 1.165) is 24.6 Å². The molecule has 6 heteroatoms. The van der Waals surface area contributed by atoms with E-state index in [2.05, 4.69) is 52.4 Å². The number of hydrogen-bond donors (Lipinski definition) is 2. The van der Waals surface area contributed by atoms with Crippen LogP contribution in [0.2, 0.25) is 0 Å². The topological polar surface area (TPSA) is 38.7 Å². The Labute approximate surface area is 206 Å². The Morgan fingerprint density at radius 1 is 0.857 bits per heavy atom. The molecule has 4 rings (SSSR count). The summed E-state index contributed by atoms with van der Waals surface area (Å²) < 4.78 is 27.7. The van der Waals surface area contributed by atoms with Crippen molar-refractivity contribution in [3.63, 3.8) is 0 Å². The van der Waals surface area contributed by atoms with E-state index in [1.54, 1.807) is 0 Å². The summed E-state index contributed by atoms with van der Waals surface area (Å²) in [5.41, 5.74) is 4.16. The molecule has 0 radical (unpaired) electrons. The zero-order valence-corrected chi connectivity index (χ0v) is 20.1. The highest BCUT2D eigenvalue weighted by molar-refractivity contribution is 5.23. The van der Waals surface area contributed by atoms with Gasteiger partial charge in [-0.05, 0) is 47.2 Å². The molecule has 184 valence electrons. The molecule has 1 aliphatic rings. The lowest BCUT2D eigenvalue weighted by atomic mass is 9.99. The number of nitrogens with zero attached hydrogens (tertiary/aromatic N) is 2. The first-order valence-electron chi connectivity index (χ1n) is 12.1. The van der Waals surface area contributed by atoms with Gasteiger partial charge in [-0.25, -0.2) is 8.78 Å². The van der Waals surface area contributed by atoms with Gasteiger partial charge in [-0.15, -0.1) is 0 Å². The lowest BCUT2D eigenvalue weighted by Gasteiger charge is -2.33. The van der Waals surface area contributed by atoms with E-state index in [1.165, 1.54) is 23.3 Å². The van der Waals surface area contributed by atoms with E-state index < -0.39 is 17.7 Å². The van der Waals surface area contributed by atoms with Crippen molar-refractivity contribution in [1.29, 1.82) is 0 Å². The number of aliphatic hydroxyl groups is 1. The number of halogens is 2. The summed E-state index contributed by atoms with van der Waals surface area (Å²) in [6.45, 7) is 4.47. The van der Waals surface area contributed by atoms with Gasteiger partial charge in [0.05, 0.1) is 18.8 Å². The third kappa shape index (κ3) is 7.13. The number of aryl methyl sites for hydroxylation is 1. The predicted octanol–water partition coefficient (Wildman–Crippen LogP) is 4.84. The molecule has 1 aliphatic heterocycles. The summed E-state index contributed by atoms with van der Waals surface area (Å²) in [6.07, 6.45) is 4.52. The van der Waals surface area contributed by atoms with Crippen molar-refractivity contribution < 1.29 is 13.9 Å². The van der Waals surface area contributed by atoms with Crippen molar-refractivity contribution in [3.05, 3.63) is 119 Å². The highest BCUT2D eigenvalue weighted by Crippen LogP contribution is 2.21. The molecule has 0 bridgehead atoms. The average molecular weight is 478 g/mol. The number of benzene rings is 3. The Hall–Kier alpha value is -3.22. The standard InChI is InChI=1S/C29H33F2N3O/c1-2-22-9-6-10-24(13-22)18-32-19-29(35)28(16-25-14-26(30)17-27(31)15-25)34-12-11-33(21-34)20-23-7-4-3-5-8-23/h3-15,17,28-29,32,35H,2,16,18-21H2,1H3/t28-,29+/m0/s1. The third-order valence-electron chi connectivity index (χ3n) is 6.36. The van der Waals surface area contributed by atoms with Crippen molar-refractivity contribution in [2.45, 2.75) is 45.0 Å². The third-order valence-corrected chi connectivity index (χ3v) is 6.36. The van der Waals surface area contributed by atoms with Crippen LogP contribution in [0, 0.1) is 11.6 Å². The van der Waals surface area contributed by atoms with Crippen molar-refractivity contribution >= 4 is 0 Å². The first-order valence-corrected chi connectivity index (χ1v) is 12.1. The van der Waals surface area contributed by atoms with Gasteiger partial charge in [0.2, 0.25) is 0 Å². The van der Waals surface area contributed by atoms with Gasteiger partial charge in [-0.3, -0.25) is 0 Å². The maximum Gasteiger partial charge on any atom is 0.126 e. The highest BCUT2D eigenvalue weighted by Gasteiger charge is 2.28. The summed E-state index contributed by atoms with van der Waals surface area (Å²) in [5, 5.41) is 14.5.